The van der Waals surface area contributed by atoms with Crippen molar-refractivity contribution in [2.75, 3.05) is 39.5 Å². The average Bonchev–Trinajstić information content (AvgIpc) is 2.38. The maximum atomic E-state index is 12.4. The zero-order valence-corrected chi connectivity index (χ0v) is 12.3. The van der Waals surface area contributed by atoms with Crippen LogP contribution < -0.4 is 5.32 Å². The molecule has 0 bridgehead atoms. The Bertz CT molecular complexity index is 421. The summed E-state index contributed by atoms with van der Waals surface area (Å²) >= 11 is 0. The van der Waals surface area contributed by atoms with Crippen molar-refractivity contribution < 1.29 is 4.79 Å². The molecule has 0 aromatic carbocycles. The summed E-state index contributed by atoms with van der Waals surface area (Å²) in [5.74, 6) is 0.517. The van der Waals surface area contributed by atoms with Crippen LogP contribution in [0.5, 0.6) is 0 Å². The lowest BCUT2D eigenvalue weighted by Gasteiger charge is -2.29. The minimum absolute atomic E-state index is 0.0820. The summed E-state index contributed by atoms with van der Waals surface area (Å²) in [4.78, 5) is 24.6. The van der Waals surface area contributed by atoms with Gasteiger partial charge in [-0.2, -0.15) is 0 Å². The molecule has 1 N–H and O–H groups in total. The molecule has 1 unspecified atom stereocenters. The highest BCUT2D eigenvalue weighted by Crippen LogP contribution is 2.08. The number of nitrogens with zero attached hydrogens (tertiary/aromatic N) is 4. The summed E-state index contributed by atoms with van der Waals surface area (Å²) < 4.78 is 0. The average molecular weight is 265 g/mol. The van der Waals surface area contributed by atoms with Crippen LogP contribution in [0.25, 0.3) is 0 Å². The molecule has 0 spiro atoms. The first-order valence-corrected chi connectivity index (χ1v) is 6.45. The van der Waals surface area contributed by atoms with Gasteiger partial charge in [0.1, 0.15) is 11.5 Å². The van der Waals surface area contributed by atoms with Crippen molar-refractivity contribution in [2.45, 2.75) is 19.9 Å². The second-order valence-corrected chi connectivity index (χ2v) is 4.74. The van der Waals surface area contributed by atoms with Gasteiger partial charge in [-0.3, -0.25) is 9.78 Å². The van der Waals surface area contributed by atoms with Crippen LogP contribution >= 0.6 is 0 Å². The number of likely N-dealkylation sites (N-methyl/N-ethyl adjacent to an activating group) is 2. The molecule has 0 aliphatic heterocycles. The number of carbonyl (C=O) groups is 1. The summed E-state index contributed by atoms with van der Waals surface area (Å²) in [6.45, 7) is 5.48. The van der Waals surface area contributed by atoms with Crippen LogP contribution in [0.15, 0.2) is 12.4 Å². The quantitative estimate of drug-likeness (QED) is 0.829. The molecule has 1 heterocycles. The highest BCUT2D eigenvalue weighted by molar-refractivity contribution is 5.92. The lowest BCUT2D eigenvalue weighted by atomic mass is 10.2. The highest BCUT2D eigenvalue weighted by atomic mass is 16.2. The van der Waals surface area contributed by atoms with E-state index < -0.39 is 0 Å². The summed E-state index contributed by atoms with van der Waals surface area (Å²) in [5, 5.41) is 2.89. The molecule has 0 aliphatic carbocycles. The molecule has 0 aliphatic rings. The Morgan fingerprint density at radius 1 is 1.42 bits per heavy atom. The molecule has 1 amide bonds. The molecular formula is C13H23N5O. The third-order valence-corrected chi connectivity index (χ3v) is 2.87. The number of hydrogen-bond donors (Lipinski definition) is 1. The number of hydrogen-bond acceptors (Lipinski definition) is 5. The first-order chi connectivity index (χ1) is 8.99. The summed E-state index contributed by atoms with van der Waals surface area (Å²) in [5.41, 5.74) is 0.374. The Hall–Kier alpha value is -1.69. The maximum Gasteiger partial charge on any atom is 0.274 e. The maximum absolute atomic E-state index is 12.4. The van der Waals surface area contributed by atoms with Gasteiger partial charge in [0.25, 0.3) is 5.91 Å². The zero-order chi connectivity index (χ0) is 14.4. The number of carbonyl (C=O) groups excluding carboxylic acids is 1. The molecule has 1 rings (SSSR count). The second-order valence-electron chi connectivity index (χ2n) is 4.74. The van der Waals surface area contributed by atoms with Crippen molar-refractivity contribution in [1.82, 2.24) is 19.8 Å². The second kappa shape index (κ2) is 7.04. The van der Waals surface area contributed by atoms with Gasteiger partial charge in [0.2, 0.25) is 0 Å². The Morgan fingerprint density at radius 3 is 2.63 bits per heavy atom. The molecule has 19 heavy (non-hydrogen) atoms. The van der Waals surface area contributed by atoms with E-state index in [2.05, 4.69) is 20.2 Å². The molecule has 0 saturated heterocycles. The molecule has 106 valence electrons. The standard InChI is InChI=1S/C13H23N5O/c1-6-18(10(2)9-17(4)5)13(19)11-7-15-8-12(14-3)16-11/h7-8,10H,6,9H2,1-5H3,(H,14,16). The van der Waals surface area contributed by atoms with E-state index in [1.54, 1.807) is 13.2 Å². The van der Waals surface area contributed by atoms with E-state index in [9.17, 15) is 4.79 Å². The van der Waals surface area contributed by atoms with Gasteiger partial charge in [-0.05, 0) is 27.9 Å². The van der Waals surface area contributed by atoms with Gasteiger partial charge in [-0.15, -0.1) is 0 Å². The van der Waals surface area contributed by atoms with Crippen LogP contribution in [0.4, 0.5) is 5.82 Å². The fraction of sp³-hybridized carbons (Fsp3) is 0.615. The van der Waals surface area contributed by atoms with E-state index in [1.165, 1.54) is 6.20 Å². The Morgan fingerprint density at radius 2 is 2.11 bits per heavy atom. The van der Waals surface area contributed by atoms with Crippen molar-refractivity contribution in [2.24, 2.45) is 0 Å². The minimum atomic E-state index is -0.0820. The lowest BCUT2D eigenvalue weighted by Crippen LogP contribution is -2.44. The van der Waals surface area contributed by atoms with Crippen LogP contribution in [0.3, 0.4) is 0 Å². The highest BCUT2D eigenvalue weighted by Gasteiger charge is 2.21. The third kappa shape index (κ3) is 4.17. The SMILES string of the molecule is CCN(C(=O)c1cncc(NC)n1)C(C)CN(C)C. The lowest BCUT2D eigenvalue weighted by molar-refractivity contribution is 0.0672. The third-order valence-electron chi connectivity index (χ3n) is 2.87. The van der Waals surface area contributed by atoms with Crippen molar-refractivity contribution in [1.29, 1.82) is 0 Å². The first kappa shape index (κ1) is 15.4. The van der Waals surface area contributed by atoms with Gasteiger partial charge in [-0.1, -0.05) is 0 Å². The predicted octanol–water partition coefficient (Wildman–Crippen LogP) is 0.930. The fourth-order valence-corrected chi connectivity index (χ4v) is 2.02. The molecule has 1 atom stereocenters. The van der Waals surface area contributed by atoms with Gasteiger partial charge in [0, 0.05) is 26.2 Å². The first-order valence-electron chi connectivity index (χ1n) is 6.45. The minimum Gasteiger partial charge on any atom is -0.372 e. The van der Waals surface area contributed by atoms with Crippen LogP contribution in [-0.4, -0.2) is 65.9 Å². The monoisotopic (exact) mass is 265 g/mol. The van der Waals surface area contributed by atoms with Gasteiger partial charge in [0.15, 0.2) is 0 Å². The van der Waals surface area contributed by atoms with Crippen LogP contribution in [-0.2, 0) is 0 Å². The fourth-order valence-electron chi connectivity index (χ4n) is 2.02. The molecule has 1 aromatic heterocycles. The van der Waals surface area contributed by atoms with Gasteiger partial charge < -0.3 is 15.1 Å². The zero-order valence-electron chi connectivity index (χ0n) is 12.3. The molecule has 1 aromatic rings. The Kier molecular flexibility index (Phi) is 5.69. The van der Waals surface area contributed by atoms with E-state index in [0.717, 1.165) is 6.54 Å². The molecule has 0 fully saturated rings. The van der Waals surface area contributed by atoms with Crippen molar-refractivity contribution in [3.05, 3.63) is 18.1 Å². The normalized spacial score (nSPS) is 12.3. The number of aromatic nitrogens is 2. The van der Waals surface area contributed by atoms with E-state index in [-0.39, 0.29) is 11.9 Å². The Labute approximate surface area is 114 Å². The smallest absolute Gasteiger partial charge is 0.274 e. The van der Waals surface area contributed by atoms with Gasteiger partial charge in [0.05, 0.1) is 12.4 Å². The summed E-state index contributed by atoms with van der Waals surface area (Å²) in [6.07, 6.45) is 3.10. The van der Waals surface area contributed by atoms with E-state index in [4.69, 9.17) is 0 Å². The molecule has 6 nitrogen and oxygen atoms in total. The molecule has 0 radical (unpaired) electrons. The van der Waals surface area contributed by atoms with Crippen molar-refractivity contribution >= 4 is 11.7 Å². The number of nitrogens with one attached hydrogen (secondary N) is 1. The van der Waals surface area contributed by atoms with E-state index >= 15 is 0 Å². The van der Waals surface area contributed by atoms with Crippen molar-refractivity contribution in [3.8, 4) is 0 Å². The van der Waals surface area contributed by atoms with Crippen LogP contribution in [0.2, 0.25) is 0 Å². The number of rotatable bonds is 6. The largest absolute Gasteiger partial charge is 0.372 e. The summed E-state index contributed by atoms with van der Waals surface area (Å²) in [7, 11) is 5.75. The molecule has 0 saturated carbocycles. The van der Waals surface area contributed by atoms with Crippen molar-refractivity contribution in [3.63, 3.8) is 0 Å². The van der Waals surface area contributed by atoms with E-state index in [0.29, 0.717) is 18.1 Å². The van der Waals surface area contributed by atoms with Gasteiger partial charge >= 0.3 is 0 Å². The molecule has 6 heteroatoms. The van der Waals surface area contributed by atoms with Gasteiger partial charge in [-0.25, -0.2) is 4.98 Å². The Balaban J connectivity index is 2.88. The van der Waals surface area contributed by atoms with Crippen LogP contribution in [0, 0.1) is 0 Å². The topological polar surface area (TPSA) is 61.4 Å². The van der Waals surface area contributed by atoms with E-state index in [1.807, 2.05) is 32.8 Å². The predicted molar refractivity (Wildman–Crippen MR) is 76.3 cm³/mol. The number of anilines is 1. The van der Waals surface area contributed by atoms with Crippen LogP contribution in [0.1, 0.15) is 24.3 Å². The summed E-state index contributed by atoms with van der Waals surface area (Å²) in [6, 6.07) is 0.132. The molecular weight excluding hydrogens is 242 g/mol. The number of amides is 1.